The molecular formula is C92H110ClN13O9. The lowest BCUT2D eigenvalue weighted by molar-refractivity contribution is -0.137. The highest BCUT2D eigenvalue weighted by molar-refractivity contribution is 6.08. The summed E-state index contributed by atoms with van der Waals surface area (Å²) in [5.41, 5.74) is 20.4. The number of anilines is 3. The molecule has 2 saturated carbocycles. The van der Waals surface area contributed by atoms with Crippen molar-refractivity contribution in [1.82, 2.24) is 49.4 Å². The molecule has 22 nitrogen and oxygen atoms in total. The molecule has 6 aromatic carbocycles. The van der Waals surface area contributed by atoms with Gasteiger partial charge in [-0.05, 0) is 242 Å². The highest BCUT2D eigenvalue weighted by Crippen LogP contribution is 2.38. The van der Waals surface area contributed by atoms with E-state index in [0.717, 1.165) is 198 Å². The molecule has 0 bridgehead atoms. The quantitative estimate of drug-likeness (QED) is 0.0814. The zero-order valence-corrected chi connectivity index (χ0v) is 68.9. The van der Waals surface area contributed by atoms with Crippen molar-refractivity contribution in [2.45, 2.75) is 188 Å². The number of carbonyl (C=O) groups excluding carboxylic acids is 6. The molecule has 604 valence electrons. The summed E-state index contributed by atoms with van der Waals surface area (Å²) >= 11 is 0. The molecule has 8 heterocycles. The molecule has 23 heteroatoms. The summed E-state index contributed by atoms with van der Waals surface area (Å²) in [7, 11) is 5.84. The Morgan fingerprint density at radius 3 is 1.13 bits per heavy atom. The normalized spacial score (nSPS) is 15.8. The van der Waals surface area contributed by atoms with Crippen molar-refractivity contribution in [3.8, 4) is 0 Å². The van der Waals surface area contributed by atoms with Crippen LogP contribution in [0.3, 0.4) is 0 Å². The van der Waals surface area contributed by atoms with Crippen LogP contribution in [-0.2, 0) is 98.4 Å². The fourth-order valence-corrected chi connectivity index (χ4v) is 17.0. The molecule has 2 saturated heterocycles. The van der Waals surface area contributed by atoms with Crippen LogP contribution in [-0.4, -0.2) is 148 Å². The first-order valence-corrected chi connectivity index (χ1v) is 40.8. The van der Waals surface area contributed by atoms with Gasteiger partial charge in [-0.2, -0.15) is 15.3 Å². The maximum atomic E-state index is 13.9. The summed E-state index contributed by atoms with van der Waals surface area (Å²) < 4.78 is 11.2. The molecule has 0 unspecified atom stereocenters. The van der Waals surface area contributed by atoms with E-state index in [9.17, 15) is 33.6 Å². The van der Waals surface area contributed by atoms with Gasteiger partial charge in [-0.3, -0.25) is 42.8 Å². The summed E-state index contributed by atoms with van der Waals surface area (Å²) in [6, 6.07) is 42.4. The van der Waals surface area contributed by atoms with Gasteiger partial charge in [-0.15, -0.1) is 12.4 Å². The van der Waals surface area contributed by atoms with Gasteiger partial charge in [0.05, 0.1) is 38.2 Å². The van der Waals surface area contributed by atoms with Crippen molar-refractivity contribution < 1.29 is 43.4 Å². The molecule has 9 aromatic rings. The van der Waals surface area contributed by atoms with Crippen LogP contribution in [0.25, 0.3) is 0 Å². The van der Waals surface area contributed by atoms with E-state index in [0.29, 0.717) is 105 Å². The molecule has 115 heavy (non-hydrogen) atoms. The van der Waals surface area contributed by atoms with Gasteiger partial charge in [-0.1, -0.05) is 72.8 Å². The summed E-state index contributed by atoms with van der Waals surface area (Å²) in [6.07, 6.45) is 18.9. The number of para-hydroxylation sites is 3. The Hall–Kier alpha value is -10.7. The van der Waals surface area contributed by atoms with Gasteiger partial charge in [0.25, 0.3) is 17.7 Å². The van der Waals surface area contributed by atoms with Crippen molar-refractivity contribution in [1.29, 1.82) is 0 Å². The number of nitrogens with zero attached hydrogens (tertiary/aromatic N) is 12. The summed E-state index contributed by atoms with van der Waals surface area (Å²) in [4.78, 5) is 103. The van der Waals surface area contributed by atoms with E-state index in [2.05, 4.69) is 55.5 Å². The number of fused-ring (bicyclic) bond motifs is 6. The van der Waals surface area contributed by atoms with E-state index in [1.54, 1.807) is 11.0 Å². The van der Waals surface area contributed by atoms with E-state index in [-0.39, 0.29) is 54.5 Å². The third kappa shape index (κ3) is 19.6. The average Bonchev–Trinajstić information content (AvgIpc) is 1.69. The van der Waals surface area contributed by atoms with E-state index in [1.165, 1.54) is 0 Å². The Labute approximate surface area is 681 Å². The van der Waals surface area contributed by atoms with Crippen molar-refractivity contribution in [2.24, 2.45) is 33.0 Å². The van der Waals surface area contributed by atoms with Gasteiger partial charge in [0.2, 0.25) is 11.8 Å². The molecule has 6 amide bonds. The number of hydrogen-bond acceptors (Lipinski definition) is 12. The number of hydrogen-bond donors (Lipinski definition) is 2. The predicted molar refractivity (Wildman–Crippen MR) is 448 cm³/mol. The molecule has 16 rings (SSSR count). The number of piperidine rings is 2. The van der Waals surface area contributed by atoms with E-state index in [1.807, 2.05) is 206 Å². The Balaban J connectivity index is 0.000000153. The predicted octanol–water partition coefficient (Wildman–Crippen LogP) is 14.4. The molecule has 0 radical (unpaired) electrons. The number of halogens is 1. The van der Waals surface area contributed by atoms with Crippen molar-refractivity contribution in [2.75, 3.05) is 54.0 Å². The smallest absolute Gasteiger partial charge is 0.410 e. The second kappa shape index (κ2) is 36.0. The molecule has 0 spiro atoms. The number of likely N-dealkylation sites (tertiary alicyclic amines) is 1. The average molecular weight is 1580 g/mol. The van der Waals surface area contributed by atoms with Gasteiger partial charge in [0.15, 0.2) is 0 Å². The van der Waals surface area contributed by atoms with Crippen LogP contribution in [0.2, 0.25) is 0 Å². The van der Waals surface area contributed by atoms with Crippen LogP contribution in [0.1, 0.15) is 206 Å². The number of ether oxygens (including phenoxy) is 1. The van der Waals surface area contributed by atoms with Crippen LogP contribution >= 0.6 is 12.4 Å². The number of nitrogens with one attached hydrogen (secondary N) is 1. The lowest BCUT2D eigenvalue weighted by Crippen LogP contribution is -2.45. The van der Waals surface area contributed by atoms with Gasteiger partial charge >= 0.3 is 12.1 Å². The lowest BCUT2D eigenvalue weighted by Gasteiger charge is -2.35. The zero-order valence-electron chi connectivity index (χ0n) is 68.0. The van der Waals surface area contributed by atoms with E-state index < -0.39 is 11.6 Å². The third-order valence-corrected chi connectivity index (χ3v) is 23.9. The highest BCUT2D eigenvalue weighted by Gasteiger charge is 2.38. The number of aryl methyl sites for hydroxylation is 9. The molecule has 7 aliphatic rings. The number of aromatic nitrogens is 6. The van der Waals surface area contributed by atoms with Crippen LogP contribution in [0, 0.1) is 32.6 Å². The van der Waals surface area contributed by atoms with Crippen molar-refractivity contribution in [3.05, 3.63) is 247 Å². The molecule has 2 aliphatic carbocycles. The third-order valence-electron chi connectivity index (χ3n) is 23.9. The number of carboxylic acids is 1. The summed E-state index contributed by atoms with van der Waals surface area (Å²) in [5.74, 6) is 0.560. The van der Waals surface area contributed by atoms with Gasteiger partial charge in [-0.25, -0.2) is 4.79 Å². The molecule has 0 atom stereocenters. The van der Waals surface area contributed by atoms with Crippen LogP contribution < -0.4 is 20.0 Å². The number of carboxylic acid groups (broad SMARTS) is 1. The molecule has 2 N–H and O–H groups in total. The lowest BCUT2D eigenvalue weighted by atomic mass is 9.95. The largest absolute Gasteiger partial charge is 0.481 e. The Kier molecular flexibility index (Phi) is 25.7. The van der Waals surface area contributed by atoms with Gasteiger partial charge in [0, 0.05) is 165 Å². The first kappa shape index (κ1) is 82.3. The maximum Gasteiger partial charge on any atom is 0.410 e. The van der Waals surface area contributed by atoms with Crippen molar-refractivity contribution >= 4 is 71.1 Å². The molecular weight excluding hydrogens is 1470 g/mol. The monoisotopic (exact) mass is 1580 g/mol. The van der Waals surface area contributed by atoms with Gasteiger partial charge < -0.3 is 44.6 Å². The minimum Gasteiger partial charge on any atom is -0.481 e. The zero-order chi connectivity index (χ0) is 80.1. The Morgan fingerprint density at radius 2 is 0.800 bits per heavy atom. The van der Waals surface area contributed by atoms with Crippen molar-refractivity contribution in [3.63, 3.8) is 0 Å². The van der Waals surface area contributed by atoms with Crippen LogP contribution in [0.4, 0.5) is 21.9 Å². The fourth-order valence-electron chi connectivity index (χ4n) is 17.0. The van der Waals surface area contributed by atoms with E-state index >= 15 is 0 Å². The number of amides is 6. The second-order valence-electron chi connectivity index (χ2n) is 33.3. The number of benzene rings is 6. The van der Waals surface area contributed by atoms with Gasteiger partial charge in [0.1, 0.15) is 5.60 Å². The van der Waals surface area contributed by atoms with E-state index in [4.69, 9.17) is 9.84 Å². The number of rotatable bonds is 18. The minimum atomic E-state index is -0.821. The van der Waals surface area contributed by atoms with Crippen LogP contribution in [0.15, 0.2) is 146 Å². The first-order valence-electron chi connectivity index (χ1n) is 40.8. The molecule has 5 aliphatic heterocycles. The number of aliphatic carboxylic acids is 1. The maximum absolute atomic E-state index is 13.9. The SMILES string of the molecule is Cc1cc(C(=O)N2Cc3cnn(C)c3Cc3ccccc32)ccc1CCC(=O)N(CC1CCN(C(=O)OC(C)(C)C)CC1)C1CC1.Cc1cc(C(=O)N2Cc3cnn(C)c3Cc3ccccc32)ccc1CCC(=O)N(CC1CCNCC1)C1CC1.Cc1cc(C(=O)N2Cc3cnn(C)c3Cc3ccccc32)ccc1CCC(=O)O.Cl. The summed E-state index contributed by atoms with van der Waals surface area (Å²) in [6.45, 7) is 18.3. The second-order valence-corrected chi connectivity index (χ2v) is 33.3. The number of carbonyl (C=O) groups is 7. The van der Waals surface area contributed by atoms with Crippen LogP contribution in [0.5, 0.6) is 0 Å². The molecule has 4 fully saturated rings. The minimum absolute atomic E-state index is 0. The highest BCUT2D eigenvalue weighted by atomic mass is 35.5. The standard InChI is InChI=1S/C37H47N5O4.C32H39N5O2.C23H23N3O3.ClH/c1-25-20-29(35(44)42-24-30-22-38-39(5)33(30)21-28-8-6-7-9-32(28)42)11-10-27(25)12-15-34(43)41(31-13-14-31)23-26-16-18-40(19-17-26)36(45)46-37(2,3)4;1-22-17-26(32(39)37-21-27-19-34-35(2)30(27)18-25-5-3-4-6-29(25)37)8-7-24(22)9-12-31(38)36(28-10-11-28)20-23-13-15-33-16-14-23;1-15-11-18(8-7-16(15)9-10-22(27)28)23(29)26-14-19-13-24-25(2)21(19)12-17-5-3-4-6-20(17)26;/h6-11,20,22,26,31H,12-19,21,23-24H2,1-5H3;3-8,17,19,23,28,33H,9-16,18,20-21H2,1-2H3;3-8,11,13H,9-10,12,14H2,1-2H3,(H,27,28);1H. The fraction of sp³-hybridized carbons (Fsp3) is 0.435. The Morgan fingerprint density at radius 1 is 0.461 bits per heavy atom. The first-order chi connectivity index (χ1) is 54.9. The summed E-state index contributed by atoms with van der Waals surface area (Å²) in [5, 5.41) is 25.6. The topological polar surface area (TPSA) is 234 Å². The molecule has 3 aromatic heterocycles. The Bertz CT molecular complexity index is 5070.